The molecule has 0 amide bonds. The molecule has 2 aromatic carbocycles. The lowest BCUT2D eigenvalue weighted by molar-refractivity contribution is 0.122. The Bertz CT molecular complexity index is 573. The van der Waals surface area contributed by atoms with Gasteiger partial charge in [0.05, 0.1) is 0 Å². The predicted molar refractivity (Wildman–Crippen MR) is 102 cm³/mol. The predicted octanol–water partition coefficient (Wildman–Crippen LogP) is 2.70. The van der Waals surface area contributed by atoms with E-state index in [1.807, 2.05) is 60.7 Å². The van der Waals surface area contributed by atoms with Crippen molar-refractivity contribution in [3.8, 4) is 0 Å². The third-order valence-electron chi connectivity index (χ3n) is 4.45. The van der Waals surface area contributed by atoms with E-state index in [0.717, 1.165) is 23.6 Å². The highest BCUT2D eigenvalue weighted by molar-refractivity contribution is 6.60. The van der Waals surface area contributed by atoms with Crippen molar-refractivity contribution < 1.29 is 13.3 Å². The monoisotopic (exact) mass is 360 g/mol. The van der Waals surface area contributed by atoms with Gasteiger partial charge in [0.25, 0.3) is 0 Å². The molecule has 25 heavy (non-hydrogen) atoms. The molecule has 0 unspecified atom stereocenters. The lowest BCUT2D eigenvalue weighted by atomic mass is 9.92. The smallest absolute Gasteiger partial charge is 0.377 e. The van der Waals surface area contributed by atoms with Crippen molar-refractivity contribution in [2.75, 3.05) is 27.9 Å². The number of rotatable bonds is 10. The first kappa shape index (κ1) is 19.8. The number of benzene rings is 2. The third kappa shape index (κ3) is 4.75. The van der Waals surface area contributed by atoms with Crippen LogP contribution in [0.4, 0.5) is 0 Å². The molecular formula is C19H28N2O3Si. The van der Waals surface area contributed by atoms with Gasteiger partial charge >= 0.3 is 8.80 Å². The van der Waals surface area contributed by atoms with Crippen LogP contribution in [-0.2, 0) is 18.9 Å². The molecule has 0 saturated heterocycles. The van der Waals surface area contributed by atoms with E-state index in [0.29, 0.717) is 6.54 Å². The molecule has 5 nitrogen and oxygen atoms in total. The average molecular weight is 361 g/mol. The van der Waals surface area contributed by atoms with Crippen molar-refractivity contribution in [2.24, 2.45) is 5.73 Å². The molecule has 0 heterocycles. The van der Waals surface area contributed by atoms with Crippen LogP contribution in [0.1, 0.15) is 17.5 Å². The lowest BCUT2D eigenvalue weighted by Crippen LogP contribution is -2.52. The van der Waals surface area contributed by atoms with Crippen molar-refractivity contribution in [1.82, 2.24) is 5.32 Å². The second-order valence-electron chi connectivity index (χ2n) is 5.87. The summed E-state index contributed by atoms with van der Waals surface area (Å²) in [6.07, 6.45) is 0.834. The largest absolute Gasteiger partial charge is 0.500 e. The maximum Gasteiger partial charge on any atom is 0.500 e. The van der Waals surface area contributed by atoms with Gasteiger partial charge in [0.1, 0.15) is 5.66 Å². The zero-order valence-corrected chi connectivity index (χ0v) is 16.2. The zero-order valence-electron chi connectivity index (χ0n) is 15.2. The fraction of sp³-hybridized carbons (Fsp3) is 0.368. The van der Waals surface area contributed by atoms with Gasteiger partial charge in [0.15, 0.2) is 0 Å². The maximum absolute atomic E-state index is 6.79. The summed E-state index contributed by atoms with van der Waals surface area (Å²) in [6.45, 7) is 0.713. The van der Waals surface area contributed by atoms with Crippen molar-refractivity contribution in [2.45, 2.75) is 18.1 Å². The molecule has 3 N–H and O–H groups in total. The topological polar surface area (TPSA) is 65.7 Å². The molecule has 0 saturated carbocycles. The molecule has 0 aliphatic heterocycles. The Morgan fingerprint density at radius 1 is 0.840 bits per heavy atom. The van der Waals surface area contributed by atoms with Crippen LogP contribution in [0.25, 0.3) is 0 Å². The second kappa shape index (κ2) is 9.24. The molecule has 0 aliphatic rings. The van der Waals surface area contributed by atoms with Gasteiger partial charge < -0.3 is 19.0 Å². The van der Waals surface area contributed by atoms with Gasteiger partial charge in [-0.15, -0.1) is 0 Å². The van der Waals surface area contributed by atoms with Gasteiger partial charge in [0, 0.05) is 27.4 Å². The van der Waals surface area contributed by atoms with Crippen LogP contribution in [0.15, 0.2) is 60.7 Å². The quantitative estimate of drug-likeness (QED) is 0.387. The first-order valence-electron chi connectivity index (χ1n) is 8.40. The van der Waals surface area contributed by atoms with E-state index in [9.17, 15) is 0 Å². The van der Waals surface area contributed by atoms with Gasteiger partial charge in [-0.1, -0.05) is 60.7 Å². The van der Waals surface area contributed by atoms with E-state index >= 15 is 0 Å². The Morgan fingerprint density at radius 3 is 1.68 bits per heavy atom. The maximum atomic E-state index is 6.79. The van der Waals surface area contributed by atoms with Crippen LogP contribution < -0.4 is 11.1 Å². The van der Waals surface area contributed by atoms with E-state index < -0.39 is 14.5 Å². The van der Waals surface area contributed by atoms with Gasteiger partial charge in [-0.3, -0.25) is 5.32 Å². The summed E-state index contributed by atoms with van der Waals surface area (Å²) in [5, 5.41) is 3.51. The van der Waals surface area contributed by atoms with Crippen molar-refractivity contribution in [1.29, 1.82) is 0 Å². The Hall–Kier alpha value is -1.54. The molecule has 6 heteroatoms. The minimum Gasteiger partial charge on any atom is -0.377 e. The summed E-state index contributed by atoms with van der Waals surface area (Å²) >= 11 is 0. The number of hydrogen-bond donors (Lipinski definition) is 2. The summed E-state index contributed by atoms with van der Waals surface area (Å²) in [4.78, 5) is 0. The molecule has 0 spiro atoms. The molecule has 0 radical (unpaired) electrons. The highest BCUT2D eigenvalue weighted by atomic mass is 28.4. The molecule has 0 bridgehead atoms. The minimum atomic E-state index is -2.55. The summed E-state index contributed by atoms with van der Waals surface area (Å²) < 4.78 is 16.4. The van der Waals surface area contributed by atoms with Crippen molar-refractivity contribution >= 4 is 8.80 Å². The van der Waals surface area contributed by atoms with Crippen molar-refractivity contribution in [3.63, 3.8) is 0 Å². The SMILES string of the molecule is CO[Si](CCCNC(N)(c1ccccc1)c1ccccc1)(OC)OC. The van der Waals surface area contributed by atoms with Gasteiger partial charge in [-0.25, -0.2) is 0 Å². The van der Waals surface area contributed by atoms with Crippen molar-refractivity contribution in [3.05, 3.63) is 71.8 Å². The first-order chi connectivity index (χ1) is 12.1. The molecule has 0 atom stereocenters. The molecule has 0 aliphatic carbocycles. The van der Waals surface area contributed by atoms with Crippen LogP contribution in [-0.4, -0.2) is 36.7 Å². The zero-order chi connectivity index (χ0) is 18.2. The van der Waals surface area contributed by atoms with E-state index in [1.54, 1.807) is 21.3 Å². The van der Waals surface area contributed by atoms with Gasteiger partial charge in [-0.05, 0) is 24.1 Å². The van der Waals surface area contributed by atoms with Crippen LogP contribution in [0.3, 0.4) is 0 Å². The fourth-order valence-electron chi connectivity index (χ4n) is 2.92. The second-order valence-corrected chi connectivity index (χ2v) is 8.96. The Balaban J connectivity index is 2.11. The summed E-state index contributed by atoms with van der Waals surface area (Å²) in [6, 6.07) is 20.9. The van der Waals surface area contributed by atoms with Gasteiger partial charge in [0.2, 0.25) is 0 Å². The highest BCUT2D eigenvalue weighted by Gasteiger charge is 2.37. The molecule has 2 rings (SSSR count). The Kier molecular flexibility index (Phi) is 7.31. The van der Waals surface area contributed by atoms with Gasteiger partial charge in [-0.2, -0.15) is 0 Å². The Morgan fingerprint density at radius 2 is 1.28 bits per heavy atom. The number of nitrogens with two attached hydrogens (primary N) is 1. The van der Waals surface area contributed by atoms with E-state index in [-0.39, 0.29) is 0 Å². The fourth-order valence-corrected chi connectivity index (χ4v) is 4.64. The highest BCUT2D eigenvalue weighted by Crippen LogP contribution is 2.24. The van der Waals surface area contributed by atoms with Crippen LogP contribution in [0, 0.1) is 0 Å². The average Bonchev–Trinajstić information content (AvgIpc) is 2.70. The molecule has 136 valence electrons. The van der Waals surface area contributed by atoms with E-state index in [4.69, 9.17) is 19.0 Å². The molecule has 2 aromatic rings. The summed E-state index contributed by atoms with van der Waals surface area (Å²) in [7, 11) is 2.35. The summed E-state index contributed by atoms with van der Waals surface area (Å²) in [5.41, 5.74) is 8.09. The van der Waals surface area contributed by atoms with Crippen LogP contribution in [0.2, 0.25) is 6.04 Å². The van der Waals surface area contributed by atoms with Crippen LogP contribution >= 0.6 is 0 Å². The third-order valence-corrected chi connectivity index (χ3v) is 7.29. The minimum absolute atomic E-state index is 0.713. The molecule has 0 fully saturated rings. The Labute approximate surface area is 151 Å². The normalized spacial score (nSPS) is 12.3. The first-order valence-corrected chi connectivity index (χ1v) is 10.3. The standard InChI is InChI=1S/C19H28N2O3Si/c1-22-25(23-2,24-3)16-10-15-21-19(20,17-11-6-4-7-12-17)18-13-8-5-9-14-18/h4-9,11-14,21H,10,15-16,20H2,1-3H3. The molecule has 0 aromatic heterocycles. The van der Waals surface area contributed by atoms with E-state index in [2.05, 4.69) is 5.32 Å². The van der Waals surface area contributed by atoms with E-state index in [1.165, 1.54) is 0 Å². The number of hydrogen-bond acceptors (Lipinski definition) is 5. The molecular weight excluding hydrogens is 332 g/mol. The van der Waals surface area contributed by atoms with Crippen LogP contribution in [0.5, 0.6) is 0 Å². The lowest BCUT2D eigenvalue weighted by Gasteiger charge is -2.32. The summed E-state index contributed by atoms with van der Waals surface area (Å²) in [5.74, 6) is 0. The number of nitrogens with one attached hydrogen (secondary N) is 1.